The van der Waals surface area contributed by atoms with Crippen LogP contribution < -0.4 is 4.74 Å². The van der Waals surface area contributed by atoms with Crippen molar-refractivity contribution in [2.75, 3.05) is 12.4 Å². The van der Waals surface area contributed by atoms with E-state index in [1.165, 1.54) is 31.4 Å². The predicted molar refractivity (Wildman–Crippen MR) is 148 cm³/mol. The zero-order chi connectivity index (χ0) is 23.8. The molecular formula is C29H23IO3S. The molecule has 0 aliphatic heterocycles. The lowest BCUT2D eigenvalue weighted by molar-refractivity contribution is -0.139. The van der Waals surface area contributed by atoms with Gasteiger partial charge in [0.15, 0.2) is 6.61 Å². The molecule has 0 aromatic heterocycles. The van der Waals surface area contributed by atoms with Gasteiger partial charge in [-0.05, 0) is 86.8 Å². The number of carboxylic acid groups (broad SMARTS) is 1. The smallest absolute Gasteiger partial charge is 0.341 e. The summed E-state index contributed by atoms with van der Waals surface area (Å²) in [6.45, 7) is -0.336. The fourth-order valence-electron chi connectivity index (χ4n) is 3.50. The van der Waals surface area contributed by atoms with E-state index in [9.17, 15) is 4.79 Å². The Morgan fingerprint density at radius 2 is 1.38 bits per heavy atom. The van der Waals surface area contributed by atoms with Crippen molar-refractivity contribution in [2.45, 2.75) is 4.90 Å². The van der Waals surface area contributed by atoms with Gasteiger partial charge in [0.05, 0.1) is 0 Å². The van der Waals surface area contributed by atoms with Crippen molar-refractivity contribution >= 4 is 45.9 Å². The zero-order valence-electron chi connectivity index (χ0n) is 18.4. The Hall–Kier alpha value is -3.03. The van der Waals surface area contributed by atoms with Crippen LogP contribution in [0.4, 0.5) is 0 Å². The molecule has 0 bridgehead atoms. The van der Waals surface area contributed by atoms with E-state index in [-0.39, 0.29) is 6.61 Å². The van der Waals surface area contributed by atoms with Crippen LogP contribution in [0.2, 0.25) is 0 Å². The number of thioether (sulfide) groups is 1. The molecule has 0 atom stereocenters. The number of hydrogen-bond donors (Lipinski definition) is 1. The van der Waals surface area contributed by atoms with Crippen LogP contribution in [0.3, 0.4) is 0 Å². The highest BCUT2D eigenvalue weighted by molar-refractivity contribution is 14.1. The maximum Gasteiger partial charge on any atom is 0.341 e. The molecule has 0 saturated carbocycles. The lowest BCUT2D eigenvalue weighted by Gasteiger charge is -2.11. The van der Waals surface area contributed by atoms with E-state index in [1.54, 1.807) is 23.9 Å². The Morgan fingerprint density at radius 3 is 2.00 bits per heavy atom. The molecule has 0 fully saturated rings. The Labute approximate surface area is 217 Å². The number of benzene rings is 4. The van der Waals surface area contributed by atoms with Crippen molar-refractivity contribution in [3.63, 3.8) is 0 Å². The summed E-state index contributed by atoms with van der Waals surface area (Å²) < 4.78 is 6.42. The van der Waals surface area contributed by atoms with Gasteiger partial charge < -0.3 is 9.84 Å². The average Bonchev–Trinajstić information content (AvgIpc) is 2.87. The Bertz CT molecular complexity index is 1250. The molecule has 0 aliphatic carbocycles. The number of carboxylic acids is 1. The van der Waals surface area contributed by atoms with Gasteiger partial charge in [-0.2, -0.15) is 0 Å². The molecule has 0 radical (unpaired) electrons. The summed E-state index contributed by atoms with van der Waals surface area (Å²) >= 11 is 4.05. The molecule has 3 nitrogen and oxygen atoms in total. The van der Waals surface area contributed by atoms with E-state index in [0.717, 1.165) is 10.6 Å². The molecule has 170 valence electrons. The molecule has 0 aliphatic rings. The summed E-state index contributed by atoms with van der Waals surface area (Å²) in [5, 5.41) is 8.74. The highest BCUT2D eigenvalue weighted by atomic mass is 127. The number of hydrogen-bond acceptors (Lipinski definition) is 3. The van der Waals surface area contributed by atoms with Gasteiger partial charge in [0.25, 0.3) is 0 Å². The standard InChI is InChI=1S/C29H23IO3S/c30-25-12-10-24(11-13-25)28(23-8-6-22(7-9-23)21-4-2-1-3-5-21)18-19-34-27-16-14-26(15-17-27)33-20-29(31)32/h1-18H,19-20H2,(H,31,32)/b28-18-. The largest absolute Gasteiger partial charge is 0.482 e. The third-order valence-electron chi connectivity index (χ3n) is 5.18. The highest BCUT2D eigenvalue weighted by Gasteiger charge is 2.07. The third kappa shape index (κ3) is 6.74. The van der Waals surface area contributed by atoms with Gasteiger partial charge in [0.2, 0.25) is 0 Å². The minimum absolute atomic E-state index is 0.336. The summed E-state index contributed by atoms with van der Waals surface area (Å²) in [6.07, 6.45) is 2.26. The van der Waals surface area contributed by atoms with Crippen LogP contribution in [0.1, 0.15) is 11.1 Å². The first-order valence-corrected chi connectivity index (χ1v) is 12.8. The van der Waals surface area contributed by atoms with Crippen LogP contribution in [0, 0.1) is 3.57 Å². The minimum Gasteiger partial charge on any atom is -0.482 e. The van der Waals surface area contributed by atoms with Crippen molar-refractivity contribution < 1.29 is 14.6 Å². The van der Waals surface area contributed by atoms with Crippen LogP contribution in [-0.2, 0) is 4.79 Å². The van der Waals surface area contributed by atoms with Crippen LogP contribution in [-0.4, -0.2) is 23.4 Å². The fourth-order valence-corrected chi connectivity index (χ4v) is 4.63. The summed E-state index contributed by atoms with van der Waals surface area (Å²) in [7, 11) is 0. The first-order valence-electron chi connectivity index (χ1n) is 10.8. The second kappa shape index (κ2) is 11.9. The van der Waals surface area contributed by atoms with Crippen LogP contribution >= 0.6 is 34.4 Å². The van der Waals surface area contributed by atoms with Crippen molar-refractivity contribution in [3.05, 3.63) is 124 Å². The molecule has 5 heteroatoms. The molecule has 0 amide bonds. The summed E-state index contributed by atoms with van der Waals surface area (Å²) in [5.74, 6) is 0.376. The molecule has 34 heavy (non-hydrogen) atoms. The molecule has 0 unspecified atom stereocenters. The topological polar surface area (TPSA) is 46.5 Å². The SMILES string of the molecule is O=C(O)COc1ccc(SC/C=C(\c2ccc(I)cc2)c2ccc(-c3ccccc3)cc2)cc1. The van der Waals surface area contributed by atoms with E-state index >= 15 is 0 Å². The summed E-state index contributed by atoms with van der Waals surface area (Å²) in [5.41, 5.74) is 5.97. The van der Waals surface area contributed by atoms with Gasteiger partial charge in [-0.3, -0.25) is 0 Å². The van der Waals surface area contributed by atoms with Gasteiger partial charge in [0, 0.05) is 14.2 Å². The van der Waals surface area contributed by atoms with Crippen molar-refractivity contribution in [1.82, 2.24) is 0 Å². The van der Waals surface area contributed by atoms with Crippen LogP contribution in [0.5, 0.6) is 5.75 Å². The molecule has 0 heterocycles. The van der Waals surface area contributed by atoms with E-state index in [2.05, 4.69) is 101 Å². The monoisotopic (exact) mass is 578 g/mol. The Kier molecular flexibility index (Phi) is 8.44. The Morgan fingerprint density at radius 1 is 0.794 bits per heavy atom. The van der Waals surface area contributed by atoms with Crippen LogP contribution in [0.25, 0.3) is 16.7 Å². The number of halogens is 1. The quantitative estimate of drug-likeness (QED) is 0.164. The van der Waals surface area contributed by atoms with Crippen molar-refractivity contribution in [2.24, 2.45) is 0 Å². The van der Waals surface area contributed by atoms with E-state index in [1.807, 2.05) is 18.2 Å². The fraction of sp³-hybridized carbons (Fsp3) is 0.0690. The molecule has 1 N–H and O–H groups in total. The minimum atomic E-state index is -0.983. The zero-order valence-corrected chi connectivity index (χ0v) is 21.3. The number of carbonyl (C=O) groups is 1. The molecule has 0 spiro atoms. The molecule has 4 rings (SSSR count). The van der Waals surface area contributed by atoms with Gasteiger partial charge in [-0.1, -0.05) is 72.8 Å². The van der Waals surface area contributed by atoms with Crippen LogP contribution in [0.15, 0.2) is 114 Å². The summed E-state index contributed by atoms with van der Waals surface area (Å²) in [6, 6.07) is 35.2. The second-order valence-corrected chi connectivity index (χ2v) is 9.87. The molecule has 4 aromatic carbocycles. The second-order valence-electron chi connectivity index (χ2n) is 7.53. The van der Waals surface area contributed by atoms with E-state index in [4.69, 9.17) is 9.84 Å². The third-order valence-corrected chi connectivity index (χ3v) is 6.84. The predicted octanol–water partition coefficient (Wildman–Crippen LogP) is 7.65. The number of rotatable bonds is 9. The maximum atomic E-state index is 10.7. The number of aliphatic carboxylic acids is 1. The van der Waals surface area contributed by atoms with Crippen molar-refractivity contribution in [1.29, 1.82) is 0 Å². The molecule has 0 saturated heterocycles. The van der Waals surface area contributed by atoms with Gasteiger partial charge in [0.1, 0.15) is 5.75 Å². The maximum absolute atomic E-state index is 10.7. The van der Waals surface area contributed by atoms with Gasteiger partial charge in [-0.15, -0.1) is 11.8 Å². The Balaban J connectivity index is 1.52. The first-order chi connectivity index (χ1) is 16.6. The molecule has 4 aromatic rings. The van der Waals surface area contributed by atoms with E-state index < -0.39 is 5.97 Å². The first kappa shape index (κ1) is 24.1. The lowest BCUT2D eigenvalue weighted by atomic mass is 9.95. The van der Waals surface area contributed by atoms with E-state index in [0.29, 0.717) is 5.75 Å². The normalized spacial score (nSPS) is 11.3. The average molecular weight is 578 g/mol. The van der Waals surface area contributed by atoms with Gasteiger partial charge >= 0.3 is 5.97 Å². The van der Waals surface area contributed by atoms with Crippen molar-refractivity contribution in [3.8, 4) is 16.9 Å². The lowest BCUT2D eigenvalue weighted by Crippen LogP contribution is -2.09. The molecular weight excluding hydrogens is 555 g/mol. The van der Waals surface area contributed by atoms with Gasteiger partial charge in [-0.25, -0.2) is 4.79 Å². The number of ether oxygens (including phenoxy) is 1. The summed E-state index contributed by atoms with van der Waals surface area (Å²) in [4.78, 5) is 11.7. The highest BCUT2D eigenvalue weighted by Crippen LogP contribution is 2.29.